The zero-order chi connectivity index (χ0) is 8.04. The van der Waals surface area contributed by atoms with Crippen LogP contribution in [0.4, 0.5) is 0 Å². The Morgan fingerprint density at radius 2 is 1.50 bits per heavy atom. The van der Waals surface area contributed by atoms with E-state index in [1.54, 1.807) is 0 Å². The minimum absolute atomic E-state index is 0.483. The van der Waals surface area contributed by atoms with Gasteiger partial charge in [-0.1, -0.05) is 0 Å². The van der Waals surface area contributed by atoms with Crippen LogP contribution in [0.15, 0.2) is 0 Å². The van der Waals surface area contributed by atoms with Crippen molar-refractivity contribution >= 4 is 0 Å². The van der Waals surface area contributed by atoms with Gasteiger partial charge in [-0.3, -0.25) is 0 Å². The molecular weight excluding hydrogens is 168 g/mol. The fourth-order valence-corrected chi connectivity index (χ4v) is 2.83. The molecule has 61 valence electrons. The first kappa shape index (κ1) is 10.4. The third-order valence-corrected chi connectivity index (χ3v) is 4.79. The van der Waals surface area contributed by atoms with Crippen LogP contribution in [0.2, 0.25) is 4.73 Å². The van der Waals surface area contributed by atoms with E-state index < -0.39 is 17.3 Å². The Kier molecular flexibility index (Phi) is 5.36. The van der Waals surface area contributed by atoms with Crippen LogP contribution >= 0.6 is 0 Å². The summed E-state index contributed by atoms with van der Waals surface area (Å²) in [5.41, 5.74) is 0. The minimum atomic E-state index is -3.45. The van der Waals surface area contributed by atoms with Gasteiger partial charge >= 0.3 is 66.0 Å². The number of hydrogen-bond acceptors (Lipinski definition) is 3. The molecule has 3 nitrogen and oxygen atoms in total. The van der Waals surface area contributed by atoms with Crippen molar-refractivity contribution in [2.45, 2.75) is 25.5 Å². The van der Waals surface area contributed by atoms with Gasteiger partial charge in [0, 0.05) is 0 Å². The van der Waals surface area contributed by atoms with E-state index in [4.69, 9.17) is 6.64 Å². The quantitative estimate of drug-likeness (QED) is 0.610. The summed E-state index contributed by atoms with van der Waals surface area (Å²) in [5, 5.41) is 0. The van der Waals surface area contributed by atoms with E-state index in [2.05, 4.69) is 0 Å². The van der Waals surface area contributed by atoms with Crippen molar-refractivity contribution in [3.63, 3.8) is 0 Å². The fourth-order valence-electron chi connectivity index (χ4n) is 0.686. The molecular formula is C6H15O3Ti. The zero-order valence-corrected chi connectivity index (χ0v) is 8.41. The van der Waals surface area contributed by atoms with Crippen LogP contribution < -0.4 is 0 Å². The number of rotatable bonds is 5. The van der Waals surface area contributed by atoms with Crippen LogP contribution in [0.3, 0.4) is 0 Å². The van der Waals surface area contributed by atoms with Crippen molar-refractivity contribution in [3.05, 3.63) is 0 Å². The van der Waals surface area contributed by atoms with Crippen LogP contribution in [0.5, 0.6) is 0 Å². The van der Waals surface area contributed by atoms with Crippen molar-refractivity contribution in [2.75, 3.05) is 13.2 Å². The molecule has 0 saturated carbocycles. The van der Waals surface area contributed by atoms with Crippen molar-refractivity contribution in [3.8, 4) is 0 Å². The van der Waals surface area contributed by atoms with Crippen LogP contribution in [0.25, 0.3) is 0 Å². The summed E-state index contributed by atoms with van der Waals surface area (Å²) in [6.45, 7) is 6.45. The predicted molar refractivity (Wildman–Crippen MR) is 34.4 cm³/mol. The van der Waals surface area contributed by atoms with Crippen molar-refractivity contribution < 1.29 is 27.3 Å². The molecule has 0 aromatic heterocycles. The number of hydrogen-bond donors (Lipinski definition) is 0. The predicted octanol–water partition coefficient (Wildman–Crippen LogP) is 1.83. The molecule has 0 fully saturated rings. The Labute approximate surface area is 66.3 Å². The van der Waals surface area contributed by atoms with Gasteiger partial charge in [-0.2, -0.15) is 0 Å². The molecule has 0 aliphatic rings. The summed E-state index contributed by atoms with van der Waals surface area (Å²) in [6, 6.07) is 0. The molecule has 0 aromatic carbocycles. The molecule has 0 bridgehead atoms. The van der Waals surface area contributed by atoms with Gasteiger partial charge in [0.25, 0.3) is 0 Å². The molecule has 0 aromatic rings. The molecule has 0 spiro atoms. The Morgan fingerprint density at radius 3 is 1.70 bits per heavy atom. The van der Waals surface area contributed by atoms with Crippen LogP contribution in [-0.2, 0) is 27.3 Å². The van der Waals surface area contributed by atoms with Crippen molar-refractivity contribution in [2.24, 2.45) is 0 Å². The molecule has 0 atom stereocenters. The average molecular weight is 183 g/mol. The van der Waals surface area contributed by atoms with Gasteiger partial charge in [-0.25, -0.2) is 0 Å². The molecule has 0 amide bonds. The van der Waals surface area contributed by atoms with Crippen molar-refractivity contribution in [1.29, 1.82) is 0 Å². The molecule has 10 heavy (non-hydrogen) atoms. The molecule has 0 heterocycles. The van der Waals surface area contributed by atoms with E-state index >= 15 is 0 Å². The molecule has 0 aliphatic carbocycles. The summed E-state index contributed by atoms with van der Waals surface area (Å²) in [5.74, 6) is 0. The summed E-state index contributed by atoms with van der Waals surface area (Å²) < 4.78 is 22.0. The normalized spacial score (nSPS) is 11.9. The van der Waals surface area contributed by atoms with Gasteiger partial charge in [-0.15, -0.1) is 0 Å². The maximum absolute atomic E-state index is 11.4. The van der Waals surface area contributed by atoms with Gasteiger partial charge in [0.2, 0.25) is 0 Å². The van der Waals surface area contributed by atoms with Gasteiger partial charge in [0.1, 0.15) is 0 Å². The van der Waals surface area contributed by atoms with Gasteiger partial charge in [-0.05, 0) is 0 Å². The van der Waals surface area contributed by atoms with Crippen molar-refractivity contribution in [1.82, 2.24) is 0 Å². The van der Waals surface area contributed by atoms with Gasteiger partial charge < -0.3 is 0 Å². The molecule has 0 rings (SSSR count). The van der Waals surface area contributed by atoms with Gasteiger partial charge in [0.05, 0.1) is 0 Å². The zero-order valence-electron chi connectivity index (χ0n) is 6.85. The van der Waals surface area contributed by atoms with E-state index in [1.807, 2.05) is 20.8 Å². The van der Waals surface area contributed by atoms with E-state index in [0.29, 0.717) is 17.9 Å². The monoisotopic (exact) mass is 183 g/mol. The topological polar surface area (TPSA) is 35.5 Å². The Hall–Kier alpha value is 0.434. The second-order valence-electron chi connectivity index (χ2n) is 1.90. The average Bonchev–Trinajstić information content (AvgIpc) is 1.89. The second kappa shape index (κ2) is 5.13. The summed E-state index contributed by atoms with van der Waals surface area (Å²) in [6.07, 6.45) is 0. The van der Waals surface area contributed by atoms with E-state index in [9.17, 15) is 3.32 Å². The molecule has 0 N–H and O–H groups in total. The third kappa shape index (κ3) is 3.57. The summed E-state index contributed by atoms with van der Waals surface area (Å²) >= 11 is -3.45. The Balaban J connectivity index is 3.83. The van der Waals surface area contributed by atoms with E-state index in [1.165, 1.54) is 0 Å². The molecule has 0 aliphatic heterocycles. The SMILES string of the molecule is CC[O][Ti](=[O])([CH2]C)[O]CC. The first-order valence-electron chi connectivity index (χ1n) is 3.66. The fraction of sp³-hybridized carbons (Fsp3) is 1.00. The molecule has 0 unspecified atom stereocenters. The van der Waals surface area contributed by atoms with E-state index in [-0.39, 0.29) is 0 Å². The second-order valence-corrected chi connectivity index (χ2v) is 6.04. The standard InChI is InChI=1S/2C2H5O.C2H5.O.Ti/c2*1-2-3;1-2;;/h2*2H2,1H3;1H2,2H3;;/q2*-1;;;+2. The summed E-state index contributed by atoms with van der Waals surface area (Å²) in [7, 11) is 0. The Bertz CT molecular complexity index is 114. The van der Waals surface area contributed by atoms with Crippen LogP contribution in [-0.4, -0.2) is 13.2 Å². The van der Waals surface area contributed by atoms with E-state index in [0.717, 1.165) is 0 Å². The first-order chi connectivity index (χ1) is 4.68. The Morgan fingerprint density at radius 1 is 1.10 bits per heavy atom. The summed E-state index contributed by atoms with van der Waals surface area (Å²) in [4.78, 5) is 0. The molecule has 0 saturated heterocycles. The third-order valence-electron chi connectivity index (χ3n) is 1.16. The maximum atomic E-state index is 11.4. The van der Waals surface area contributed by atoms with Gasteiger partial charge in [0.15, 0.2) is 0 Å². The molecule has 4 heteroatoms. The molecule has 0 radical (unpaired) electrons. The van der Waals surface area contributed by atoms with Crippen LogP contribution in [0, 0.1) is 0 Å². The van der Waals surface area contributed by atoms with Crippen LogP contribution in [0.1, 0.15) is 20.8 Å². The first-order valence-corrected chi connectivity index (χ1v) is 6.68.